The minimum Gasteiger partial charge on any atom is -0.398 e. The quantitative estimate of drug-likeness (QED) is 0.739. The van der Waals surface area contributed by atoms with Gasteiger partial charge in [0.15, 0.2) is 0 Å². The molecule has 0 unspecified atom stereocenters. The molecule has 3 nitrogen and oxygen atoms in total. The lowest BCUT2D eigenvalue weighted by atomic mass is 10.0. The highest BCUT2D eigenvalue weighted by Gasteiger charge is 2.12. The molecule has 5 heteroatoms. The predicted octanol–water partition coefficient (Wildman–Crippen LogP) is 2.57. The fourth-order valence-electron chi connectivity index (χ4n) is 1.38. The average Bonchev–Trinajstić information content (AvgIpc) is 2.19. The third-order valence-corrected chi connectivity index (χ3v) is 3.31. The molecule has 0 spiro atoms. The van der Waals surface area contributed by atoms with Crippen molar-refractivity contribution in [1.82, 2.24) is 0 Å². The first-order chi connectivity index (χ1) is 7.06. The number of nitrogens with two attached hydrogens (primary N) is 2. The Morgan fingerprint density at radius 1 is 1.33 bits per heavy atom. The predicted molar refractivity (Wildman–Crippen MR) is 69.5 cm³/mol. The van der Waals surface area contributed by atoms with E-state index in [4.69, 9.17) is 16.6 Å². The van der Waals surface area contributed by atoms with Crippen molar-refractivity contribution in [2.45, 2.75) is 18.9 Å². The second-order valence-electron chi connectivity index (χ2n) is 3.36. The van der Waals surface area contributed by atoms with Gasteiger partial charge in [0.1, 0.15) is 0 Å². The first-order valence-electron chi connectivity index (χ1n) is 4.67. The zero-order valence-corrected chi connectivity index (χ0v) is 11.4. The van der Waals surface area contributed by atoms with E-state index in [0.717, 1.165) is 20.9 Å². The second-order valence-corrected chi connectivity index (χ2v) is 5.13. The van der Waals surface area contributed by atoms with Gasteiger partial charge in [-0.3, -0.25) is 0 Å². The van der Waals surface area contributed by atoms with Gasteiger partial charge in [-0.15, -0.1) is 0 Å². The monoisotopic (exact) mass is 336 g/mol. The maximum absolute atomic E-state index is 8.74. The molecule has 5 N–H and O–H groups in total. The summed E-state index contributed by atoms with van der Waals surface area (Å²) in [5.74, 6) is 0. The van der Waals surface area contributed by atoms with Crippen LogP contribution in [-0.2, 0) is 0 Å². The van der Waals surface area contributed by atoms with Crippen molar-refractivity contribution in [3.63, 3.8) is 0 Å². The Bertz CT molecular complexity index is 344. The summed E-state index contributed by atoms with van der Waals surface area (Å²) in [6.07, 6.45) is 1.41. The van der Waals surface area contributed by atoms with Crippen LogP contribution in [-0.4, -0.2) is 11.7 Å². The summed E-state index contributed by atoms with van der Waals surface area (Å²) in [6.45, 7) is 0.156. The van der Waals surface area contributed by atoms with Crippen molar-refractivity contribution in [2.75, 3.05) is 12.3 Å². The van der Waals surface area contributed by atoms with Crippen molar-refractivity contribution < 1.29 is 5.11 Å². The highest BCUT2D eigenvalue weighted by atomic mass is 79.9. The number of halogens is 2. The van der Waals surface area contributed by atoms with Gasteiger partial charge in [-0.25, -0.2) is 0 Å². The standard InChI is InChI=1S/C10H14Br2N2O/c11-6-4-7(9(13)2-1-3-15)10(14)8(12)5-6/h4-5,9,15H,1-3,13-14H2/t9-/m0/s1. The lowest BCUT2D eigenvalue weighted by Gasteiger charge is -2.15. The molecular formula is C10H14Br2N2O. The Balaban J connectivity index is 2.92. The molecule has 1 aromatic rings. The Morgan fingerprint density at radius 3 is 2.60 bits per heavy atom. The maximum Gasteiger partial charge on any atom is 0.0507 e. The van der Waals surface area contributed by atoms with Crippen molar-refractivity contribution in [2.24, 2.45) is 5.73 Å². The molecule has 1 atom stereocenters. The molecule has 0 radical (unpaired) electrons. The van der Waals surface area contributed by atoms with Gasteiger partial charge in [-0.1, -0.05) is 15.9 Å². The summed E-state index contributed by atoms with van der Waals surface area (Å²) in [5.41, 5.74) is 13.5. The van der Waals surface area contributed by atoms with Crippen molar-refractivity contribution in [1.29, 1.82) is 0 Å². The Labute approximate surface area is 106 Å². The van der Waals surface area contributed by atoms with Gasteiger partial charge in [0.2, 0.25) is 0 Å². The van der Waals surface area contributed by atoms with Crippen LogP contribution in [0.5, 0.6) is 0 Å². The molecule has 15 heavy (non-hydrogen) atoms. The molecule has 0 aliphatic carbocycles. The Hall–Kier alpha value is -0.100. The Kier molecular flexibility index (Phi) is 5.05. The number of aliphatic hydroxyl groups is 1. The number of hydrogen-bond acceptors (Lipinski definition) is 3. The van der Waals surface area contributed by atoms with Gasteiger partial charge in [0.05, 0.1) is 5.69 Å². The second kappa shape index (κ2) is 5.84. The molecular weight excluding hydrogens is 324 g/mol. The normalized spacial score (nSPS) is 12.8. The van der Waals surface area contributed by atoms with Crippen LogP contribution in [0.3, 0.4) is 0 Å². The fourth-order valence-corrected chi connectivity index (χ4v) is 2.64. The largest absolute Gasteiger partial charge is 0.398 e. The summed E-state index contributed by atoms with van der Waals surface area (Å²) in [6, 6.07) is 3.67. The third-order valence-electron chi connectivity index (χ3n) is 2.20. The van der Waals surface area contributed by atoms with Crippen LogP contribution in [0.25, 0.3) is 0 Å². The molecule has 0 amide bonds. The van der Waals surface area contributed by atoms with Crippen LogP contribution in [0.2, 0.25) is 0 Å². The van der Waals surface area contributed by atoms with E-state index in [2.05, 4.69) is 31.9 Å². The fraction of sp³-hybridized carbons (Fsp3) is 0.400. The topological polar surface area (TPSA) is 72.3 Å². The summed E-state index contributed by atoms with van der Waals surface area (Å²) >= 11 is 6.77. The number of anilines is 1. The van der Waals surface area contributed by atoms with E-state index in [1.807, 2.05) is 12.1 Å². The van der Waals surface area contributed by atoms with Gasteiger partial charge < -0.3 is 16.6 Å². The van der Waals surface area contributed by atoms with Gasteiger partial charge in [0.25, 0.3) is 0 Å². The first kappa shape index (κ1) is 13.0. The third kappa shape index (κ3) is 3.45. The minimum absolute atomic E-state index is 0.133. The maximum atomic E-state index is 8.74. The molecule has 0 aromatic heterocycles. The molecule has 0 fully saturated rings. The SMILES string of the molecule is Nc1c(Br)cc(Br)cc1[C@@H](N)CCCO. The average molecular weight is 338 g/mol. The molecule has 0 bridgehead atoms. The van der Waals surface area contributed by atoms with Gasteiger partial charge >= 0.3 is 0 Å². The van der Waals surface area contributed by atoms with E-state index in [9.17, 15) is 0 Å². The lowest BCUT2D eigenvalue weighted by Crippen LogP contribution is -2.13. The van der Waals surface area contributed by atoms with E-state index >= 15 is 0 Å². The van der Waals surface area contributed by atoms with E-state index in [1.165, 1.54) is 0 Å². The molecule has 0 aliphatic heterocycles. The molecule has 1 rings (SSSR count). The molecule has 0 aliphatic rings. The number of benzene rings is 1. The first-order valence-corrected chi connectivity index (χ1v) is 6.25. The molecule has 0 saturated heterocycles. The summed E-state index contributed by atoms with van der Waals surface area (Å²) in [4.78, 5) is 0. The molecule has 84 valence electrons. The number of rotatable bonds is 4. The minimum atomic E-state index is -0.133. The van der Waals surface area contributed by atoms with Crippen molar-refractivity contribution in [3.8, 4) is 0 Å². The summed E-state index contributed by atoms with van der Waals surface area (Å²) < 4.78 is 1.78. The lowest BCUT2D eigenvalue weighted by molar-refractivity contribution is 0.280. The summed E-state index contributed by atoms with van der Waals surface area (Å²) in [7, 11) is 0. The smallest absolute Gasteiger partial charge is 0.0507 e. The highest BCUT2D eigenvalue weighted by molar-refractivity contribution is 9.11. The molecule has 0 heterocycles. The van der Waals surface area contributed by atoms with Crippen molar-refractivity contribution in [3.05, 3.63) is 26.6 Å². The Morgan fingerprint density at radius 2 is 2.00 bits per heavy atom. The van der Waals surface area contributed by atoms with Gasteiger partial charge in [-0.2, -0.15) is 0 Å². The number of hydrogen-bond donors (Lipinski definition) is 3. The number of nitrogen functional groups attached to an aromatic ring is 1. The van der Waals surface area contributed by atoms with E-state index in [-0.39, 0.29) is 12.6 Å². The molecule has 0 saturated carbocycles. The number of aliphatic hydroxyl groups excluding tert-OH is 1. The van der Waals surface area contributed by atoms with E-state index < -0.39 is 0 Å². The van der Waals surface area contributed by atoms with E-state index in [1.54, 1.807) is 0 Å². The van der Waals surface area contributed by atoms with Crippen LogP contribution in [0.1, 0.15) is 24.4 Å². The van der Waals surface area contributed by atoms with Gasteiger partial charge in [0, 0.05) is 21.6 Å². The van der Waals surface area contributed by atoms with E-state index in [0.29, 0.717) is 12.1 Å². The highest BCUT2D eigenvalue weighted by Crippen LogP contribution is 2.32. The van der Waals surface area contributed by atoms with Crippen LogP contribution in [0, 0.1) is 0 Å². The van der Waals surface area contributed by atoms with Gasteiger partial charge in [-0.05, 0) is 46.5 Å². The zero-order chi connectivity index (χ0) is 11.4. The zero-order valence-electron chi connectivity index (χ0n) is 8.21. The summed E-state index contributed by atoms with van der Waals surface area (Å²) in [5, 5.41) is 8.74. The van der Waals surface area contributed by atoms with Crippen LogP contribution >= 0.6 is 31.9 Å². The molecule has 1 aromatic carbocycles. The van der Waals surface area contributed by atoms with Crippen LogP contribution in [0.15, 0.2) is 21.1 Å². The van der Waals surface area contributed by atoms with Crippen LogP contribution in [0.4, 0.5) is 5.69 Å². The van der Waals surface area contributed by atoms with Crippen LogP contribution < -0.4 is 11.5 Å². The van der Waals surface area contributed by atoms with Crippen molar-refractivity contribution >= 4 is 37.5 Å².